The number of nitrogens with zero attached hydrogens (tertiary/aromatic N) is 1. The number of benzene rings is 1. The molecule has 1 fully saturated rings. The first-order valence-electron chi connectivity index (χ1n) is 5.74. The molecule has 1 aromatic heterocycles. The van der Waals surface area contributed by atoms with E-state index in [4.69, 9.17) is 4.74 Å². The lowest BCUT2D eigenvalue weighted by atomic mass is 10.2. The van der Waals surface area contributed by atoms with E-state index < -0.39 is 0 Å². The lowest BCUT2D eigenvalue weighted by Crippen LogP contribution is -2.12. The second kappa shape index (κ2) is 3.83. The summed E-state index contributed by atoms with van der Waals surface area (Å²) in [5, 5.41) is 4.66. The van der Waals surface area contributed by atoms with Gasteiger partial charge in [0.25, 0.3) is 0 Å². The van der Waals surface area contributed by atoms with Crippen LogP contribution in [0.5, 0.6) is 5.75 Å². The van der Waals surface area contributed by atoms with Gasteiger partial charge >= 0.3 is 0 Å². The van der Waals surface area contributed by atoms with E-state index in [0.29, 0.717) is 6.04 Å². The first kappa shape index (κ1) is 9.73. The second-order valence-corrected chi connectivity index (χ2v) is 4.29. The van der Waals surface area contributed by atoms with Gasteiger partial charge in [0.2, 0.25) is 0 Å². The van der Waals surface area contributed by atoms with E-state index >= 15 is 0 Å². The molecule has 1 aromatic carbocycles. The fourth-order valence-corrected chi connectivity index (χ4v) is 2.46. The first-order valence-corrected chi connectivity index (χ1v) is 5.74. The largest absolute Gasteiger partial charge is 0.497 e. The number of nitrogens with one attached hydrogen (secondary N) is 1. The van der Waals surface area contributed by atoms with Crippen molar-refractivity contribution in [1.82, 2.24) is 9.88 Å². The molecule has 0 saturated carbocycles. The highest BCUT2D eigenvalue weighted by Crippen LogP contribution is 2.26. The van der Waals surface area contributed by atoms with E-state index in [2.05, 4.69) is 34.3 Å². The van der Waals surface area contributed by atoms with E-state index in [1.54, 1.807) is 7.11 Å². The van der Waals surface area contributed by atoms with Gasteiger partial charge in [-0.3, -0.25) is 0 Å². The Bertz CT molecular complexity index is 498. The Morgan fingerprint density at radius 1 is 1.38 bits per heavy atom. The van der Waals surface area contributed by atoms with E-state index in [9.17, 15) is 0 Å². The number of hydrogen-bond donors (Lipinski definition) is 1. The minimum atomic E-state index is 0.603. The van der Waals surface area contributed by atoms with Gasteiger partial charge in [-0.15, -0.1) is 0 Å². The van der Waals surface area contributed by atoms with Crippen LogP contribution in [0.2, 0.25) is 0 Å². The van der Waals surface area contributed by atoms with Gasteiger partial charge in [0.05, 0.1) is 7.11 Å². The highest BCUT2D eigenvalue weighted by Gasteiger charge is 2.17. The lowest BCUT2D eigenvalue weighted by molar-refractivity contribution is 0.415. The summed E-state index contributed by atoms with van der Waals surface area (Å²) in [6.45, 7) is 2.20. The zero-order valence-corrected chi connectivity index (χ0v) is 9.44. The number of methoxy groups -OCH3 is 1. The van der Waals surface area contributed by atoms with Crippen LogP contribution < -0.4 is 10.1 Å². The van der Waals surface area contributed by atoms with E-state index in [1.807, 2.05) is 6.07 Å². The van der Waals surface area contributed by atoms with Crippen molar-refractivity contribution < 1.29 is 4.74 Å². The summed E-state index contributed by atoms with van der Waals surface area (Å²) in [7, 11) is 1.71. The van der Waals surface area contributed by atoms with Crippen molar-refractivity contribution in [2.24, 2.45) is 0 Å². The van der Waals surface area contributed by atoms with Gasteiger partial charge in [0.1, 0.15) is 5.75 Å². The van der Waals surface area contributed by atoms with Gasteiger partial charge in [-0.2, -0.15) is 0 Å². The molecule has 1 aliphatic rings. The molecule has 0 radical (unpaired) electrons. The van der Waals surface area contributed by atoms with Gasteiger partial charge in [-0.05, 0) is 37.2 Å². The zero-order valence-electron chi connectivity index (χ0n) is 9.44. The van der Waals surface area contributed by atoms with Crippen molar-refractivity contribution in [2.75, 3.05) is 20.2 Å². The van der Waals surface area contributed by atoms with Crippen LogP contribution in [0.1, 0.15) is 12.5 Å². The highest BCUT2D eigenvalue weighted by molar-refractivity contribution is 5.81. The zero-order chi connectivity index (χ0) is 11.0. The maximum absolute atomic E-state index is 5.24. The van der Waals surface area contributed by atoms with Crippen LogP contribution in [0.4, 0.5) is 0 Å². The minimum Gasteiger partial charge on any atom is -0.497 e. The number of ether oxygens (including phenoxy) is 1. The van der Waals surface area contributed by atoms with Crippen molar-refractivity contribution >= 4 is 10.9 Å². The fourth-order valence-electron chi connectivity index (χ4n) is 2.46. The quantitative estimate of drug-likeness (QED) is 0.832. The normalized spacial score (nSPS) is 20.4. The van der Waals surface area contributed by atoms with Crippen LogP contribution in [-0.2, 0) is 0 Å². The molecule has 1 unspecified atom stereocenters. The van der Waals surface area contributed by atoms with Crippen molar-refractivity contribution in [1.29, 1.82) is 0 Å². The Morgan fingerprint density at radius 2 is 2.31 bits per heavy atom. The van der Waals surface area contributed by atoms with Crippen molar-refractivity contribution in [3.05, 3.63) is 30.5 Å². The third-order valence-electron chi connectivity index (χ3n) is 3.36. The summed E-state index contributed by atoms with van der Waals surface area (Å²) in [5.41, 5.74) is 1.30. The predicted molar refractivity (Wildman–Crippen MR) is 65.0 cm³/mol. The molecule has 84 valence electrons. The van der Waals surface area contributed by atoms with Gasteiger partial charge in [0.15, 0.2) is 0 Å². The Labute approximate surface area is 95.0 Å². The summed E-state index contributed by atoms with van der Waals surface area (Å²) in [6, 6.07) is 9.03. The molecule has 0 aliphatic carbocycles. The van der Waals surface area contributed by atoms with Crippen LogP contribution in [0.25, 0.3) is 10.9 Å². The molecule has 3 nitrogen and oxygen atoms in total. The monoisotopic (exact) mass is 216 g/mol. The Balaban J connectivity index is 2.06. The summed E-state index contributed by atoms with van der Waals surface area (Å²) >= 11 is 0. The van der Waals surface area contributed by atoms with Crippen molar-refractivity contribution in [3.63, 3.8) is 0 Å². The summed E-state index contributed by atoms with van der Waals surface area (Å²) in [6.07, 6.45) is 3.40. The van der Waals surface area contributed by atoms with E-state index in [0.717, 1.165) is 18.8 Å². The summed E-state index contributed by atoms with van der Waals surface area (Å²) in [4.78, 5) is 0. The molecule has 0 bridgehead atoms. The van der Waals surface area contributed by atoms with Crippen molar-refractivity contribution in [2.45, 2.75) is 12.5 Å². The maximum atomic E-state index is 5.24. The molecule has 0 amide bonds. The predicted octanol–water partition coefficient (Wildman–Crippen LogP) is 2.18. The smallest absolute Gasteiger partial charge is 0.119 e. The topological polar surface area (TPSA) is 26.2 Å². The Kier molecular flexibility index (Phi) is 2.33. The Morgan fingerprint density at radius 3 is 3.06 bits per heavy atom. The molecular weight excluding hydrogens is 200 g/mol. The Hall–Kier alpha value is -1.48. The van der Waals surface area contributed by atoms with Crippen molar-refractivity contribution in [3.8, 4) is 5.75 Å². The highest BCUT2D eigenvalue weighted by atomic mass is 16.5. The first-order chi connectivity index (χ1) is 7.88. The maximum Gasteiger partial charge on any atom is 0.119 e. The average Bonchev–Trinajstić information content (AvgIpc) is 2.96. The number of aromatic nitrogens is 1. The van der Waals surface area contributed by atoms with Crippen LogP contribution in [0, 0.1) is 0 Å². The van der Waals surface area contributed by atoms with E-state index in [-0.39, 0.29) is 0 Å². The molecule has 2 aromatic rings. The molecule has 3 rings (SSSR count). The number of fused-ring (bicyclic) bond motifs is 1. The van der Waals surface area contributed by atoms with Gasteiger partial charge in [-0.25, -0.2) is 0 Å². The average molecular weight is 216 g/mol. The van der Waals surface area contributed by atoms with Crippen LogP contribution in [0.3, 0.4) is 0 Å². The van der Waals surface area contributed by atoms with Crippen LogP contribution in [-0.4, -0.2) is 24.8 Å². The standard InChI is InChI=1S/C13H16N2O/c1-16-12-2-3-13-10(8-12)5-7-15(13)11-4-6-14-9-11/h2-3,5,7-8,11,14H,4,6,9H2,1H3. The molecule has 1 atom stereocenters. The van der Waals surface area contributed by atoms with Crippen LogP contribution >= 0.6 is 0 Å². The molecule has 0 spiro atoms. The number of hydrogen-bond acceptors (Lipinski definition) is 2. The lowest BCUT2D eigenvalue weighted by Gasteiger charge is -2.12. The molecule has 1 saturated heterocycles. The van der Waals surface area contributed by atoms with Crippen LogP contribution in [0.15, 0.2) is 30.5 Å². The molecule has 3 heteroatoms. The fraction of sp³-hybridized carbons (Fsp3) is 0.385. The third-order valence-corrected chi connectivity index (χ3v) is 3.36. The van der Waals surface area contributed by atoms with Gasteiger partial charge < -0.3 is 14.6 Å². The van der Waals surface area contributed by atoms with Gasteiger partial charge in [0, 0.05) is 29.7 Å². The SMILES string of the molecule is COc1ccc2c(ccn2C2CCNC2)c1. The number of rotatable bonds is 2. The van der Waals surface area contributed by atoms with E-state index in [1.165, 1.54) is 17.3 Å². The summed E-state index contributed by atoms with van der Waals surface area (Å²) in [5.74, 6) is 0.926. The molecular formula is C13H16N2O. The summed E-state index contributed by atoms with van der Waals surface area (Å²) < 4.78 is 7.61. The molecule has 1 N–H and O–H groups in total. The second-order valence-electron chi connectivity index (χ2n) is 4.29. The minimum absolute atomic E-state index is 0.603. The third kappa shape index (κ3) is 1.48. The molecule has 1 aliphatic heterocycles. The molecule has 16 heavy (non-hydrogen) atoms. The van der Waals surface area contributed by atoms with Gasteiger partial charge in [-0.1, -0.05) is 0 Å². The molecule has 2 heterocycles.